The van der Waals surface area contributed by atoms with Crippen LogP contribution in [0.3, 0.4) is 0 Å². The molecular formula is C11H13ClN2O4. The van der Waals surface area contributed by atoms with Gasteiger partial charge in [-0.1, -0.05) is 18.5 Å². The maximum absolute atomic E-state index is 11.8. The number of carbonyl (C=O) groups excluding carboxylic acids is 2. The number of rotatable bonds is 5. The summed E-state index contributed by atoms with van der Waals surface area (Å²) in [7, 11) is 0. The summed E-state index contributed by atoms with van der Waals surface area (Å²) in [4.78, 5) is 30.7. The molecule has 1 aromatic rings. The average molecular weight is 273 g/mol. The highest BCUT2D eigenvalue weighted by molar-refractivity contribution is 6.30. The van der Waals surface area contributed by atoms with E-state index in [4.69, 9.17) is 21.1 Å². The first kappa shape index (κ1) is 14.4. The lowest BCUT2D eigenvalue weighted by Gasteiger charge is -2.12. The van der Waals surface area contributed by atoms with Crippen LogP contribution in [0.1, 0.15) is 20.3 Å². The molecule has 18 heavy (non-hydrogen) atoms. The lowest BCUT2D eigenvalue weighted by atomic mass is 10.1. The molecule has 1 heterocycles. The van der Waals surface area contributed by atoms with Crippen molar-refractivity contribution >= 4 is 23.5 Å². The van der Waals surface area contributed by atoms with Crippen molar-refractivity contribution in [3.8, 4) is 5.88 Å². The van der Waals surface area contributed by atoms with Crippen LogP contribution in [0.25, 0.3) is 0 Å². The fourth-order valence-electron chi connectivity index (χ4n) is 1.22. The second-order valence-electron chi connectivity index (χ2n) is 3.29. The van der Waals surface area contributed by atoms with E-state index in [0.717, 1.165) is 0 Å². The number of nitrogens with zero attached hydrogens (tertiary/aromatic N) is 2. The molecule has 6 nitrogen and oxygen atoms in total. The summed E-state index contributed by atoms with van der Waals surface area (Å²) in [6, 6.07) is 0. The van der Waals surface area contributed by atoms with Crippen molar-refractivity contribution < 1.29 is 19.1 Å². The van der Waals surface area contributed by atoms with Crippen molar-refractivity contribution in [1.82, 2.24) is 9.97 Å². The van der Waals surface area contributed by atoms with Crippen LogP contribution in [0.5, 0.6) is 5.88 Å². The summed E-state index contributed by atoms with van der Waals surface area (Å²) in [6.45, 7) is 3.55. The van der Waals surface area contributed by atoms with Crippen molar-refractivity contribution in [3.63, 3.8) is 0 Å². The van der Waals surface area contributed by atoms with Gasteiger partial charge in [-0.05, 0) is 13.3 Å². The molecule has 0 radical (unpaired) electrons. The van der Waals surface area contributed by atoms with E-state index in [2.05, 4.69) is 9.97 Å². The van der Waals surface area contributed by atoms with Crippen LogP contribution in [0.2, 0.25) is 5.15 Å². The minimum absolute atomic E-state index is 0.0374. The quantitative estimate of drug-likeness (QED) is 0.599. The Labute approximate surface area is 109 Å². The highest BCUT2D eigenvalue weighted by atomic mass is 35.5. The van der Waals surface area contributed by atoms with Gasteiger partial charge in [-0.15, -0.1) is 0 Å². The van der Waals surface area contributed by atoms with E-state index >= 15 is 0 Å². The normalized spacial score (nSPS) is 11.7. The summed E-state index contributed by atoms with van der Waals surface area (Å²) in [6.07, 6.45) is 2.97. The monoisotopic (exact) mass is 272 g/mol. The van der Waals surface area contributed by atoms with Crippen molar-refractivity contribution in [2.75, 3.05) is 6.61 Å². The van der Waals surface area contributed by atoms with Crippen LogP contribution in [0.4, 0.5) is 0 Å². The van der Waals surface area contributed by atoms with E-state index in [1.807, 2.05) is 0 Å². The van der Waals surface area contributed by atoms with Gasteiger partial charge in [-0.25, -0.2) is 9.97 Å². The Bertz CT molecular complexity index is 439. The number of aromatic nitrogens is 2. The van der Waals surface area contributed by atoms with Gasteiger partial charge in [-0.2, -0.15) is 0 Å². The van der Waals surface area contributed by atoms with Crippen LogP contribution in [-0.2, 0) is 14.3 Å². The third-order valence-corrected chi connectivity index (χ3v) is 2.34. The maximum Gasteiger partial charge on any atom is 0.327 e. The SMILES string of the molecule is CCOC(=O)C(CC)C(=O)Oc1nccnc1Cl. The summed E-state index contributed by atoms with van der Waals surface area (Å²) >= 11 is 5.69. The van der Waals surface area contributed by atoms with Gasteiger partial charge in [0.15, 0.2) is 11.1 Å². The average Bonchev–Trinajstić information content (AvgIpc) is 2.33. The van der Waals surface area contributed by atoms with Crippen molar-refractivity contribution in [2.24, 2.45) is 5.92 Å². The summed E-state index contributed by atoms with van der Waals surface area (Å²) < 4.78 is 9.70. The van der Waals surface area contributed by atoms with Gasteiger partial charge in [-0.3, -0.25) is 9.59 Å². The van der Waals surface area contributed by atoms with Crippen molar-refractivity contribution in [1.29, 1.82) is 0 Å². The molecule has 0 spiro atoms. The van der Waals surface area contributed by atoms with Gasteiger partial charge in [0.25, 0.3) is 5.88 Å². The Morgan fingerprint density at radius 1 is 1.28 bits per heavy atom. The number of carbonyl (C=O) groups is 2. The molecule has 0 saturated heterocycles. The van der Waals surface area contributed by atoms with E-state index in [1.165, 1.54) is 12.4 Å². The van der Waals surface area contributed by atoms with E-state index in [0.29, 0.717) is 0 Å². The van der Waals surface area contributed by atoms with E-state index in [-0.39, 0.29) is 24.1 Å². The fourth-order valence-corrected chi connectivity index (χ4v) is 1.36. The van der Waals surface area contributed by atoms with Crippen LogP contribution < -0.4 is 4.74 Å². The molecule has 0 aliphatic heterocycles. The Balaban J connectivity index is 2.74. The van der Waals surface area contributed by atoms with Crippen LogP contribution in [0.15, 0.2) is 12.4 Å². The zero-order valence-electron chi connectivity index (χ0n) is 10.1. The van der Waals surface area contributed by atoms with Gasteiger partial charge in [0, 0.05) is 12.4 Å². The molecule has 0 saturated carbocycles. The zero-order chi connectivity index (χ0) is 13.5. The molecular weight excluding hydrogens is 260 g/mol. The van der Waals surface area contributed by atoms with Crippen LogP contribution in [0, 0.1) is 5.92 Å². The highest BCUT2D eigenvalue weighted by Gasteiger charge is 2.29. The molecule has 0 aliphatic carbocycles. The second-order valence-corrected chi connectivity index (χ2v) is 3.64. The van der Waals surface area contributed by atoms with Crippen molar-refractivity contribution in [2.45, 2.75) is 20.3 Å². The Hall–Kier alpha value is -1.69. The number of hydrogen-bond acceptors (Lipinski definition) is 6. The number of esters is 2. The molecule has 1 rings (SSSR count). The molecule has 98 valence electrons. The number of halogens is 1. The molecule has 0 bridgehead atoms. The second kappa shape index (κ2) is 6.90. The van der Waals surface area contributed by atoms with Gasteiger partial charge >= 0.3 is 11.9 Å². The molecule has 1 atom stereocenters. The Morgan fingerprint density at radius 2 is 1.94 bits per heavy atom. The topological polar surface area (TPSA) is 78.4 Å². The number of ether oxygens (including phenoxy) is 2. The Morgan fingerprint density at radius 3 is 2.50 bits per heavy atom. The minimum atomic E-state index is -0.983. The molecule has 1 aromatic heterocycles. The van der Waals surface area contributed by atoms with Crippen molar-refractivity contribution in [3.05, 3.63) is 17.5 Å². The van der Waals surface area contributed by atoms with Gasteiger partial charge in [0.2, 0.25) is 0 Å². The van der Waals surface area contributed by atoms with E-state index in [9.17, 15) is 9.59 Å². The van der Waals surface area contributed by atoms with E-state index < -0.39 is 17.9 Å². The molecule has 7 heteroatoms. The van der Waals surface area contributed by atoms with Gasteiger partial charge < -0.3 is 9.47 Å². The first-order valence-corrected chi connectivity index (χ1v) is 5.82. The van der Waals surface area contributed by atoms with Gasteiger partial charge in [0.1, 0.15) is 0 Å². The molecule has 0 aromatic carbocycles. The largest absolute Gasteiger partial charge is 0.465 e. The lowest BCUT2D eigenvalue weighted by Crippen LogP contribution is -2.29. The first-order valence-electron chi connectivity index (χ1n) is 5.45. The molecule has 0 amide bonds. The summed E-state index contributed by atoms with van der Waals surface area (Å²) in [5, 5.41) is -0.0374. The summed E-state index contributed by atoms with van der Waals surface area (Å²) in [5.41, 5.74) is 0. The number of hydrogen-bond donors (Lipinski definition) is 0. The maximum atomic E-state index is 11.8. The molecule has 0 N–H and O–H groups in total. The summed E-state index contributed by atoms with van der Waals surface area (Å²) in [5.74, 6) is -2.47. The zero-order valence-corrected chi connectivity index (χ0v) is 10.8. The third-order valence-electron chi connectivity index (χ3n) is 2.08. The van der Waals surface area contributed by atoms with Crippen LogP contribution >= 0.6 is 11.6 Å². The van der Waals surface area contributed by atoms with Crippen LogP contribution in [-0.4, -0.2) is 28.5 Å². The lowest BCUT2D eigenvalue weighted by molar-refractivity contribution is -0.157. The third kappa shape index (κ3) is 3.66. The highest BCUT2D eigenvalue weighted by Crippen LogP contribution is 2.19. The Kier molecular flexibility index (Phi) is 5.51. The first-order chi connectivity index (χ1) is 8.60. The fraction of sp³-hybridized carbons (Fsp3) is 0.455. The predicted octanol–water partition coefficient (Wildman–Crippen LogP) is 1.62. The minimum Gasteiger partial charge on any atom is -0.465 e. The molecule has 0 fully saturated rings. The molecule has 1 unspecified atom stereocenters. The molecule has 0 aliphatic rings. The van der Waals surface area contributed by atoms with Gasteiger partial charge in [0.05, 0.1) is 6.61 Å². The standard InChI is InChI=1S/C11H13ClN2O4/c1-3-7(10(15)17-4-2)11(16)18-9-8(12)13-5-6-14-9/h5-7H,3-4H2,1-2H3. The smallest absolute Gasteiger partial charge is 0.327 e. The van der Waals surface area contributed by atoms with E-state index in [1.54, 1.807) is 13.8 Å². The predicted molar refractivity (Wildman–Crippen MR) is 63.1 cm³/mol.